The lowest BCUT2D eigenvalue weighted by Gasteiger charge is -2.23. The van der Waals surface area contributed by atoms with E-state index < -0.39 is 21.4 Å². The van der Waals surface area contributed by atoms with E-state index in [1.165, 1.54) is 14.2 Å². The molecule has 0 radical (unpaired) electrons. The van der Waals surface area contributed by atoms with E-state index in [2.05, 4.69) is 24.9 Å². The lowest BCUT2D eigenvalue weighted by Crippen LogP contribution is -2.36. The van der Waals surface area contributed by atoms with Gasteiger partial charge in [0.2, 0.25) is 16.0 Å². The fourth-order valence-corrected chi connectivity index (χ4v) is 5.68. The van der Waals surface area contributed by atoms with Crippen molar-refractivity contribution in [3.05, 3.63) is 47.8 Å². The first-order valence-corrected chi connectivity index (χ1v) is 14.7. The molecule has 218 valence electrons. The standard InChI is InChI=1S/C27H38N6O6S/c1-17(2)38-16-19(13-23-28-14-18(3)15-29-23)40(34,35)32-26-31-30-25(22-11-12-27(4,5)39-22)33(26)24-20(36-6)9-8-10-21(24)37-7/h8-10,14-15,17,19,22H,11-13,16H2,1-7H3,(H,31,32)/t19-,22+/m0/s1. The van der Waals surface area contributed by atoms with Gasteiger partial charge in [-0.15, -0.1) is 10.2 Å². The predicted octanol–water partition coefficient (Wildman–Crippen LogP) is 3.79. The van der Waals surface area contributed by atoms with Crippen LogP contribution in [0.3, 0.4) is 0 Å². The van der Waals surface area contributed by atoms with Crippen LogP contribution in [-0.4, -0.2) is 70.9 Å². The minimum atomic E-state index is -4.08. The average Bonchev–Trinajstić information content (AvgIpc) is 3.48. The second-order valence-electron chi connectivity index (χ2n) is 10.7. The number of rotatable bonds is 12. The summed E-state index contributed by atoms with van der Waals surface area (Å²) < 4.78 is 55.3. The van der Waals surface area contributed by atoms with Crippen LogP contribution in [-0.2, 0) is 25.9 Å². The predicted molar refractivity (Wildman–Crippen MR) is 149 cm³/mol. The summed E-state index contributed by atoms with van der Waals surface area (Å²) in [7, 11) is -1.02. The first-order chi connectivity index (χ1) is 18.9. The zero-order valence-electron chi connectivity index (χ0n) is 24.0. The topological polar surface area (TPSA) is 140 Å². The van der Waals surface area contributed by atoms with Crippen LogP contribution in [0.1, 0.15) is 63.9 Å². The third kappa shape index (κ3) is 6.70. The molecule has 12 nitrogen and oxygen atoms in total. The van der Waals surface area contributed by atoms with Crippen LogP contribution in [0.2, 0.25) is 0 Å². The Morgan fingerprint density at radius 1 is 1.12 bits per heavy atom. The zero-order valence-corrected chi connectivity index (χ0v) is 24.9. The SMILES string of the molecule is COc1cccc(OC)c1-n1c(NS(=O)(=O)[C@H](COC(C)C)Cc2ncc(C)cn2)nnc1[C@H]1CCC(C)(C)O1. The smallest absolute Gasteiger partial charge is 0.243 e. The number of methoxy groups -OCH3 is 2. The molecule has 13 heteroatoms. The molecule has 1 aliphatic heterocycles. The quantitative estimate of drug-likeness (QED) is 0.340. The molecule has 0 unspecified atom stereocenters. The summed E-state index contributed by atoms with van der Waals surface area (Å²) in [4.78, 5) is 8.61. The van der Waals surface area contributed by atoms with Crippen molar-refractivity contribution in [2.75, 3.05) is 25.5 Å². The van der Waals surface area contributed by atoms with Crippen molar-refractivity contribution in [1.82, 2.24) is 24.7 Å². The van der Waals surface area contributed by atoms with Gasteiger partial charge in [-0.25, -0.2) is 18.4 Å². The number of nitrogens with one attached hydrogen (secondary N) is 1. The van der Waals surface area contributed by atoms with Gasteiger partial charge in [-0.05, 0) is 65.2 Å². The lowest BCUT2D eigenvalue weighted by molar-refractivity contribution is -0.0207. The maximum absolute atomic E-state index is 13.9. The number of hydrogen-bond acceptors (Lipinski definition) is 10. The summed E-state index contributed by atoms with van der Waals surface area (Å²) in [6.07, 6.45) is 4.25. The molecule has 1 fully saturated rings. The van der Waals surface area contributed by atoms with E-state index in [1.54, 1.807) is 35.2 Å². The maximum atomic E-state index is 13.9. The highest BCUT2D eigenvalue weighted by molar-refractivity contribution is 7.93. The van der Waals surface area contributed by atoms with Gasteiger partial charge in [-0.1, -0.05) is 6.07 Å². The van der Waals surface area contributed by atoms with Crippen LogP contribution in [0.15, 0.2) is 30.6 Å². The Kier molecular flexibility index (Phi) is 8.96. The fourth-order valence-electron chi connectivity index (χ4n) is 4.50. The highest BCUT2D eigenvalue weighted by Gasteiger charge is 2.38. The van der Waals surface area contributed by atoms with E-state index in [1.807, 2.05) is 34.6 Å². The van der Waals surface area contributed by atoms with Crippen LogP contribution in [0, 0.1) is 6.92 Å². The Morgan fingerprint density at radius 3 is 2.33 bits per heavy atom. The van der Waals surface area contributed by atoms with Gasteiger partial charge in [0.25, 0.3) is 0 Å². The number of hydrogen-bond donors (Lipinski definition) is 1. The maximum Gasteiger partial charge on any atom is 0.243 e. The molecule has 1 aliphatic rings. The minimum Gasteiger partial charge on any atom is -0.494 e. The Balaban J connectivity index is 1.78. The monoisotopic (exact) mass is 574 g/mol. The number of ether oxygens (including phenoxy) is 4. The molecule has 0 amide bonds. The molecule has 2 aromatic heterocycles. The van der Waals surface area contributed by atoms with Crippen molar-refractivity contribution < 1.29 is 27.4 Å². The summed E-state index contributed by atoms with van der Waals surface area (Å²) in [5, 5.41) is 7.67. The van der Waals surface area contributed by atoms with Gasteiger partial charge in [0, 0.05) is 18.8 Å². The summed E-state index contributed by atoms with van der Waals surface area (Å²) in [5.41, 5.74) is 0.970. The number of benzene rings is 1. The van der Waals surface area contributed by atoms with Gasteiger partial charge >= 0.3 is 0 Å². The van der Waals surface area contributed by atoms with E-state index in [0.29, 0.717) is 35.3 Å². The van der Waals surface area contributed by atoms with E-state index in [-0.39, 0.29) is 30.7 Å². The number of sulfonamides is 1. The molecule has 0 aliphatic carbocycles. The Morgan fingerprint density at radius 2 is 1.77 bits per heavy atom. The van der Waals surface area contributed by atoms with Gasteiger partial charge < -0.3 is 18.9 Å². The van der Waals surface area contributed by atoms with Gasteiger partial charge in [0.15, 0.2) is 5.82 Å². The summed E-state index contributed by atoms with van der Waals surface area (Å²) in [5.74, 6) is 1.70. The van der Waals surface area contributed by atoms with E-state index in [9.17, 15) is 8.42 Å². The number of aromatic nitrogens is 5. The Hall–Kier alpha value is -3.29. The van der Waals surface area contributed by atoms with Crippen molar-refractivity contribution in [2.24, 2.45) is 0 Å². The molecule has 1 saturated heterocycles. The molecule has 4 rings (SSSR count). The Labute approximate surface area is 235 Å². The molecule has 1 N–H and O–H groups in total. The van der Waals surface area contributed by atoms with Gasteiger partial charge in [-0.3, -0.25) is 9.29 Å². The number of nitrogens with zero attached hydrogens (tertiary/aromatic N) is 5. The number of para-hydroxylation sites is 1. The van der Waals surface area contributed by atoms with Crippen molar-refractivity contribution in [2.45, 2.75) is 76.9 Å². The second kappa shape index (κ2) is 12.1. The average molecular weight is 575 g/mol. The Bertz CT molecular complexity index is 1390. The minimum absolute atomic E-state index is 0.0227. The number of aryl methyl sites for hydroxylation is 1. The molecule has 3 aromatic rings. The van der Waals surface area contributed by atoms with E-state index in [4.69, 9.17) is 18.9 Å². The van der Waals surface area contributed by atoms with Crippen molar-refractivity contribution >= 4 is 16.0 Å². The van der Waals surface area contributed by atoms with Crippen molar-refractivity contribution in [1.29, 1.82) is 0 Å². The highest BCUT2D eigenvalue weighted by atomic mass is 32.2. The van der Waals surface area contributed by atoms with Crippen LogP contribution < -0.4 is 14.2 Å². The van der Waals surface area contributed by atoms with E-state index in [0.717, 1.165) is 12.0 Å². The zero-order chi connectivity index (χ0) is 29.1. The van der Waals surface area contributed by atoms with E-state index >= 15 is 0 Å². The molecule has 40 heavy (non-hydrogen) atoms. The highest BCUT2D eigenvalue weighted by Crippen LogP contribution is 2.42. The lowest BCUT2D eigenvalue weighted by atomic mass is 10.1. The van der Waals surface area contributed by atoms with Gasteiger partial charge in [-0.2, -0.15) is 0 Å². The van der Waals surface area contributed by atoms with Crippen LogP contribution in [0.5, 0.6) is 11.5 Å². The first kappa shape index (κ1) is 29.7. The molecule has 1 aromatic carbocycles. The normalized spacial score (nSPS) is 17.6. The van der Waals surface area contributed by atoms with Crippen molar-refractivity contribution in [3.63, 3.8) is 0 Å². The molecule has 0 saturated carbocycles. The summed E-state index contributed by atoms with van der Waals surface area (Å²) >= 11 is 0. The van der Waals surface area contributed by atoms with Crippen LogP contribution in [0.25, 0.3) is 5.69 Å². The van der Waals surface area contributed by atoms with Crippen molar-refractivity contribution in [3.8, 4) is 17.2 Å². The van der Waals surface area contributed by atoms with Gasteiger partial charge in [0.1, 0.15) is 34.4 Å². The molecular formula is C27H38N6O6S. The van der Waals surface area contributed by atoms with Gasteiger partial charge in [0.05, 0.1) is 32.5 Å². The number of anilines is 1. The third-order valence-corrected chi connectivity index (χ3v) is 8.25. The second-order valence-corrected chi connectivity index (χ2v) is 12.6. The summed E-state index contributed by atoms with van der Waals surface area (Å²) in [6.45, 7) is 9.51. The molecule has 0 bridgehead atoms. The first-order valence-electron chi connectivity index (χ1n) is 13.2. The molecule has 0 spiro atoms. The largest absolute Gasteiger partial charge is 0.494 e. The third-order valence-electron chi connectivity index (χ3n) is 6.60. The van der Waals surface area contributed by atoms with Crippen LogP contribution in [0.4, 0.5) is 5.95 Å². The molecule has 3 heterocycles. The summed E-state index contributed by atoms with van der Waals surface area (Å²) in [6, 6.07) is 5.30. The molecule has 2 atom stereocenters. The fraction of sp³-hybridized carbons (Fsp3) is 0.556. The molecular weight excluding hydrogens is 536 g/mol. The van der Waals surface area contributed by atoms with Crippen LogP contribution >= 0.6 is 0 Å².